The number of nitrogens with one attached hydrogen (secondary N) is 2. The molecule has 2 unspecified atom stereocenters. The Bertz CT molecular complexity index is 1070. The van der Waals surface area contributed by atoms with Crippen molar-refractivity contribution in [1.82, 2.24) is 0 Å². The van der Waals surface area contributed by atoms with Crippen molar-refractivity contribution >= 4 is 22.1 Å². The summed E-state index contributed by atoms with van der Waals surface area (Å²) in [6.45, 7) is 4.15. The largest absolute Gasteiger partial charge is 0.726 e. The van der Waals surface area contributed by atoms with Gasteiger partial charge in [-0.3, -0.25) is 4.55 Å². The van der Waals surface area contributed by atoms with Crippen LogP contribution in [0.25, 0.3) is 0 Å². The van der Waals surface area contributed by atoms with Crippen LogP contribution in [0.1, 0.15) is 25.3 Å². The topological polar surface area (TPSA) is 140 Å². The van der Waals surface area contributed by atoms with Crippen LogP contribution in [0.3, 0.4) is 0 Å². The summed E-state index contributed by atoms with van der Waals surface area (Å²) in [6, 6.07) is 6.18. The van der Waals surface area contributed by atoms with E-state index in [0.717, 1.165) is 48.5 Å². The van der Waals surface area contributed by atoms with E-state index in [-0.39, 0.29) is 23.1 Å². The molecule has 2 saturated heterocycles. The molecule has 162 valence electrons. The third kappa shape index (κ3) is 3.02. The molecule has 4 N–H and O–H groups in total. The van der Waals surface area contributed by atoms with Crippen LogP contribution in [0, 0.1) is 5.92 Å². The number of rotatable bonds is 1. The molecule has 2 fully saturated rings. The van der Waals surface area contributed by atoms with E-state index in [1.165, 1.54) is 12.7 Å². The number of allylic oxidation sites excluding steroid dienone is 1. The lowest BCUT2D eigenvalue weighted by Crippen LogP contribution is -3.16. The number of hydrogen-bond donors (Lipinski definition) is 4. The summed E-state index contributed by atoms with van der Waals surface area (Å²) < 4.78 is 38.0. The molecule has 3 aliphatic heterocycles. The van der Waals surface area contributed by atoms with Gasteiger partial charge in [0.2, 0.25) is 10.4 Å². The molecule has 3 heterocycles. The Morgan fingerprint density at radius 1 is 1.43 bits per heavy atom. The smallest absolute Gasteiger partial charge is 0.336 e. The van der Waals surface area contributed by atoms with E-state index in [1.807, 2.05) is 6.07 Å². The van der Waals surface area contributed by atoms with E-state index in [0.29, 0.717) is 6.04 Å². The van der Waals surface area contributed by atoms with E-state index in [9.17, 15) is 9.90 Å². The molecule has 0 saturated carbocycles. The highest BCUT2D eigenvalue weighted by Crippen LogP contribution is 2.58. The van der Waals surface area contributed by atoms with Gasteiger partial charge in [-0.15, -0.1) is 0 Å². The second kappa shape index (κ2) is 7.09. The molecule has 1 aromatic carbocycles. The van der Waals surface area contributed by atoms with E-state index in [4.69, 9.17) is 22.3 Å². The number of anilines is 1. The number of hydrogen-bond acceptors (Lipinski definition) is 7. The average Bonchev–Trinajstić information content (AvgIpc) is 3.23. The molecular weight excluding hydrogens is 412 g/mol. The first-order valence-electron chi connectivity index (χ1n) is 9.72. The van der Waals surface area contributed by atoms with Gasteiger partial charge in [0, 0.05) is 24.5 Å². The summed E-state index contributed by atoms with van der Waals surface area (Å²) in [5.74, 6) is 0.135. The lowest BCUT2D eigenvalue weighted by molar-refractivity contribution is -0.914. The van der Waals surface area contributed by atoms with Gasteiger partial charge in [0.15, 0.2) is 0 Å². The second-order valence-electron chi connectivity index (χ2n) is 8.04. The number of methoxy groups -OCH3 is 1. The standard InChI is InChI=1S/C20H22N2O3.H2O4S/c1-3-11-10-22-8-7-20-13-5-4-6-14(23)17(13)21-18(20)16(19(24)25-2)12(11)9-15(20)22;1-5(2,3)4/h3-6,12,15,21,23H,7-10H2,1-2H3;(H2,1,2,3,4)/t12-,15+,20?;/m0./s1. The number of benzene rings is 1. The number of piperidine rings is 1. The summed E-state index contributed by atoms with van der Waals surface area (Å²) in [5, 5.41) is 13.9. The van der Waals surface area contributed by atoms with E-state index < -0.39 is 10.4 Å². The fourth-order valence-electron chi connectivity index (χ4n) is 5.89. The Labute approximate surface area is 174 Å². The molecule has 4 atom stereocenters. The molecule has 0 radical (unpaired) electrons. The minimum atomic E-state index is -4.92. The van der Waals surface area contributed by atoms with Crippen LogP contribution >= 0.6 is 0 Å². The van der Waals surface area contributed by atoms with Crippen LogP contribution in [0.4, 0.5) is 5.69 Å². The molecule has 0 aromatic heterocycles. The van der Waals surface area contributed by atoms with Gasteiger partial charge in [-0.2, -0.15) is 0 Å². The number of quaternary nitrogens is 1. The normalized spacial score (nSPS) is 32.0. The van der Waals surface area contributed by atoms with Gasteiger partial charge in [0.05, 0.1) is 36.9 Å². The summed E-state index contributed by atoms with van der Waals surface area (Å²) in [7, 11) is -3.46. The predicted octanol–water partition coefficient (Wildman–Crippen LogP) is 0.124. The first-order chi connectivity index (χ1) is 14.1. The van der Waals surface area contributed by atoms with Crippen molar-refractivity contribution in [1.29, 1.82) is 0 Å². The van der Waals surface area contributed by atoms with Crippen LogP contribution in [-0.4, -0.2) is 54.8 Å². The van der Waals surface area contributed by atoms with Crippen molar-refractivity contribution in [2.45, 2.75) is 31.2 Å². The van der Waals surface area contributed by atoms with Crippen molar-refractivity contribution in [2.75, 3.05) is 25.5 Å². The zero-order valence-electron chi connectivity index (χ0n) is 16.6. The van der Waals surface area contributed by atoms with Crippen molar-refractivity contribution in [3.63, 3.8) is 0 Å². The number of phenols is 1. The fourth-order valence-corrected chi connectivity index (χ4v) is 5.89. The van der Waals surface area contributed by atoms with Gasteiger partial charge in [-0.05, 0) is 24.1 Å². The van der Waals surface area contributed by atoms with Crippen LogP contribution in [0.5, 0.6) is 5.75 Å². The lowest BCUT2D eigenvalue weighted by Gasteiger charge is -2.45. The highest BCUT2D eigenvalue weighted by Gasteiger charge is 2.65. The Kier molecular flexibility index (Phi) is 4.93. The molecule has 1 aliphatic carbocycles. The van der Waals surface area contributed by atoms with Gasteiger partial charge in [-0.1, -0.05) is 18.2 Å². The highest BCUT2D eigenvalue weighted by atomic mass is 32.3. The molecule has 30 heavy (non-hydrogen) atoms. The molecule has 5 rings (SSSR count). The number of aromatic hydroxyl groups is 1. The first kappa shape index (κ1) is 20.9. The van der Waals surface area contributed by atoms with E-state index >= 15 is 0 Å². The van der Waals surface area contributed by atoms with Crippen LogP contribution in [0.15, 0.2) is 41.1 Å². The number of carbonyl (C=O) groups is 1. The average molecular weight is 436 g/mol. The zero-order chi connectivity index (χ0) is 21.8. The predicted molar refractivity (Wildman–Crippen MR) is 106 cm³/mol. The summed E-state index contributed by atoms with van der Waals surface area (Å²) in [6.07, 6.45) is 4.14. The van der Waals surface area contributed by atoms with Crippen molar-refractivity contribution < 1.29 is 37.1 Å². The molecule has 1 spiro atoms. The molecule has 2 bridgehead atoms. The fraction of sp³-hybridized carbons (Fsp3) is 0.450. The molecule has 0 amide bonds. The number of para-hydroxylation sites is 1. The Hall–Kier alpha value is -2.40. The SMILES string of the molecule is CC=C1C[NH+]2CCC34C(=C(C(=O)OC)[C@H]1C[C@@H]23)Nc1c(O)cccc14.O=S(=O)([O-])O. The van der Waals surface area contributed by atoms with Gasteiger partial charge < -0.3 is 24.6 Å². The van der Waals surface area contributed by atoms with Gasteiger partial charge >= 0.3 is 5.97 Å². The maximum absolute atomic E-state index is 12.8. The molecule has 1 aromatic rings. The third-order valence-corrected chi connectivity index (χ3v) is 6.89. The monoisotopic (exact) mass is 436 g/mol. The van der Waals surface area contributed by atoms with Crippen molar-refractivity contribution in [2.24, 2.45) is 5.92 Å². The van der Waals surface area contributed by atoms with Crippen molar-refractivity contribution in [3.05, 3.63) is 46.7 Å². The minimum Gasteiger partial charge on any atom is -0.726 e. The van der Waals surface area contributed by atoms with Crippen molar-refractivity contribution in [3.8, 4) is 5.75 Å². The summed E-state index contributed by atoms with van der Waals surface area (Å²) in [4.78, 5) is 14.4. The summed E-state index contributed by atoms with van der Waals surface area (Å²) >= 11 is 0. The second-order valence-corrected chi connectivity index (χ2v) is 8.90. The Balaban J connectivity index is 0.000000393. The third-order valence-electron chi connectivity index (χ3n) is 6.89. The minimum absolute atomic E-state index is 0.122. The molecule has 10 heteroatoms. The quantitative estimate of drug-likeness (QED) is 0.160. The Morgan fingerprint density at radius 2 is 2.13 bits per heavy atom. The Morgan fingerprint density at radius 3 is 2.77 bits per heavy atom. The summed E-state index contributed by atoms with van der Waals surface area (Å²) in [5.41, 5.74) is 4.80. The van der Waals surface area contributed by atoms with Gasteiger partial charge in [0.25, 0.3) is 0 Å². The number of esters is 1. The van der Waals surface area contributed by atoms with Gasteiger partial charge in [0.1, 0.15) is 11.8 Å². The van der Waals surface area contributed by atoms with Gasteiger partial charge in [-0.25, -0.2) is 13.2 Å². The molecule has 4 aliphatic rings. The number of phenolic OH excluding ortho intramolecular Hbond substituents is 1. The number of fused-ring (bicyclic) bond motifs is 2. The number of ether oxygens (including phenoxy) is 1. The van der Waals surface area contributed by atoms with Crippen LogP contribution < -0.4 is 10.2 Å². The lowest BCUT2D eigenvalue weighted by atomic mass is 9.62. The van der Waals surface area contributed by atoms with E-state index in [1.54, 1.807) is 11.0 Å². The maximum Gasteiger partial charge on any atom is 0.336 e. The van der Waals surface area contributed by atoms with Crippen LogP contribution in [0.2, 0.25) is 0 Å². The highest BCUT2D eigenvalue weighted by molar-refractivity contribution is 7.79. The first-order valence-corrected chi connectivity index (χ1v) is 11.1. The molecule has 9 nitrogen and oxygen atoms in total. The molecular formula is C20H24N2O7S. The maximum atomic E-state index is 12.8. The number of carbonyl (C=O) groups excluding carboxylic acids is 1. The van der Waals surface area contributed by atoms with E-state index in [2.05, 4.69) is 24.4 Å². The zero-order valence-corrected chi connectivity index (χ0v) is 17.5. The van der Waals surface area contributed by atoms with Crippen LogP contribution in [-0.2, 0) is 25.3 Å².